The molecule has 0 spiro atoms. The average molecular weight is 312 g/mol. The molecule has 4 nitrogen and oxygen atoms in total. The lowest BCUT2D eigenvalue weighted by Gasteiger charge is -2.25. The molecule has 0 aliphatic rings. The van der Waals surface area contributed by atoms with Crippen LogP contribution < -0.4 is 10.1 Å². The van der Waals surface area contributed by atoms with E-state index in [1.54, 1.807) is 12.1 Å². The van der Waals surface area contributed by atoms with E-state index >= 15 is 0 Å². The van der Waals surface area contributed by atoms with Gasteiger partial charge in [0.1, 0.15) is 5.75 Å². The molecule has 122 valence electrons. The first-order valence-electron chi connectivity index (χ1n) is 7.84. The molecule has 1 N–H and O–H groups in total. The van der Waals surface area contributed by atoms with Crippen molar-refractivity contribution in [2.45, 2.75) is 13.0 Å². The number of carbonyl (C=O) groups excluding carboxylic acids is 1. The van der Waals surface area contributed by atoms with Crippen LogP contribution in [0.4, 0.5) is 0 Å². The minimum atomic E-state index is -0.0733. The minimum Gasteiger partial charge on any atom is -0.494 e. The maximum atomic E-state index is 12.3. The van der Waals surface area contributed by atoms with Crippen molar-refractivity contribution in [1.29, 1.82) is 0 Å². The van der Waals surface area contributed by atoms with Crippen molar-refractivity contribution >= 4 is 5.91 Å². The Balaban J connectivity index is 1.99. The number of ether oxygens (including phenoxy) is 1. The Morgan fingerprint density at radius 3 is 2.30 bits per heavy atom. The summed E-state index contributed by atoms with van der Waals surface area (Å²) in [6.07, 6.45) is 0. The predicted octanol–water partition coefficient (Wildman–Crippen LogP) is 3.12. The fraction of sp³-hybridized carbons (Fsp3) is 0.316. The van der Waals surface area contributed by atoms with Crippen LogP contribution in [0.1, 0.15) is 28.9 Å². The van der Waals surface area contributed by atoms with Crippen LogP contribution in [0.5, 0.6) is 5.75 Å². The Kier molecular flexibility index (Phi) is 6.18. The number of likely N-dealkylation sites (N-methyl/N-ethyl adjacent to an activating group) is 1. The zero-order valence-electron chi connectivity index (χ0n) is 14.0. The lowest BCUT2D eigenvalue weighted by Crippen LogP contribution is -2.34. The number of rotatable bonds is 7. The number of amides is 1. The van der Waals surface area contributed by atoms with Crippen LogP contribution in [0.25, 0.3) is 0 Å². The zero-order chi connectivity index (χ0) is 16.7. The highest BCUT2D eigenvalue weighted by atomic mass is 16.5. The van der Waals surface area contributed by atoms with Crippen molar-refractivity contribution in [2.75, 3.05) is 27.2 Å². The van der Waals surface area contributed by atoms with Gasteiger partial charge in [0.15, 0.2) is 0 Å². The van der Waals surface area contributed by atoms with Gasteiger partial charge in [-0.1, -0.05) is 30.3 Å². The van der Waals surface area contributed by atoms with E-state index in [4.69, 9.17) is 4.74 Å². The maximum absolute atomic E-state index is 12.3. The quantitative estimate of drug-likeness (QED) is 0.854. The van der Waals surface area contributed by atoms with Crippen LogP contribution in [-0.4, -0.2) is 38.1 Å². The molecule has 0 aliphatic carbocycles. The van der Waals surface area contributed by atoms with E-state index in [0.717, 1.165) is 5.75 Å². The summed E-state index contributed by atoms with van der Waals surface area (Å²) in [6, 6.07) is 17.5. The fourth-order valence-electron chi connectivity index (χ4n) is 2.43. The lowest BCUT2D eigenvalue weighted by molar-refractivity contribution is 0.0942. The first-order chi connectivity index (χ1) is 11.1. The molecule has 2 aromatic carbocycles. The molecule has 0 radical (unpaired) electrons. The smallest absolute Gasteiger partial charge is 0.251 e. The van der Waals surface area contributed by atoms with Crippen LogP contribution in [0.3, 0.4) is 0 Å². The second kappa shape index (κ2) is 8.34. The van der Waals surface area contributed by atoms with Crippen LogP contribution in [0.15, 0.2) is 54.6 Å². The van der Waals surface area contributed by atoms with Gasteiger partial charge in [0.2, 0.25) is 0 Å². The van der Waals surface area contributed by atoms with Gasteiger partial charge in [-0.15, -0.1) is 0 Å². The predicted molar refractivity (Wildman–Crippen MR) is 92.8 cm³/mol. The van der Waals surface area contributed by atoms with E-state index < -0.39 is 0 Å². The fourth-order valence-corrected chi connectivity index (χ4v) is 2.43. The molecule has 2 rings (SSSR count). The van der Waals surface area contributed by atoms with Crippen molar-refractivity contribution in [1.82, 2.24) is 10.2 Å². The number of carbonyl (C=O) groups is 1. The molecular formula is C19H24N2O2. The van der Waals surface area contributed by atoms with Gasteiger partial charge in [0, 0.05) is 12.1 Å². The number of nitrogens with one attached hydrogen (secondary N) is 1. The van der Waals surface area contributed by atoms with Gasteiger partial charge in [-0.2, -0.15) is 0 Å². The first kappa shape index (κ1) is 17.0. The molecule has 0 saturated heterocycles. The second-order valence-corrected chi connectivity index (χ2v) is 5.56. The van der Waals surface area contributed by atoms with Crippen LogP contribution in [0.2, 0.25) is 0 Å². The molecule has 0 saturated carbocycles. The summed E-state index contributed by atoms with van der Waals surface area (Å²) in [6.45, 7) is 3.11. The zero-order valence-corrected chi connectivity index (χ0v) is 14.0. The maximum Gasteiger partial charge on any atom is 0.251 e. The monoisotopic (exact) mass is 312 g/mol. The molecular weight excluding hydrogens is 288 g/mol. The molecule has 23 heavy (non-hydrogen) atoms. The Hall–Kier alpha value is -2.33. The molecule has 0 heterocycles. The molecule has 0 aromatic heterocycles. The number of benzene rings is 2. The minimum absolute atomic E-state index is 0.0733. The molecule has 4 heteroatoms. The van der Waals surface area contributed by atoms with Gasteiger partial charge in [0.25, 0.3) is 5.91 Å². The van der Waals surface area contributed by atoms with Crippen molar-refractivity contribution in [3.8, 4) is 5.75 Å². The van der Waals surface area contributed by atoms with E-state index in [-0.39, 0.29) is 11.9 Å². The molecule has 1 amide bonds. The number of hydrogen-bond donors (Lipinski definition) is 1. The third-order valence-electron chi connectivity index (χ3n) is 3.69. The van der Waals surface area contributed by atoms with Gasteiger partial charge >= 0.3 is 0 Å². The van der Waals surface area contributed by atoms with E-state index in [1.807, 2.05) is 51.4 Å². The Bertz CT molecular complexity index is 609. The van der Waals surface area contributed by atoms with E-state index in [1.165, 1.54) is 5.56 Å². The molecule has 2 aromatic rings. The lowest BCUT2D eigenvalue weighted by atomic mass is 10.1. The highest BCUT2D eigenvalue weighted by molar-refractivity contribution is 5.94. The summed E-state index contributed by atoms with van der Waals surface area (Å²) < 4.78 is 5.39. The van der Waals surface area contributed by atoms with Gasteiger partial charge < -0.3 is 15.0 Å². The van der Waals surface area contributed by atoms with Gasteiger partial charge in [0.05, 0.1) is 12.6 Å². The molecule has 1 atom stereocenters. The summed E-state index contributed by atoms with van der Waals surface area (Å²) in [5.74, 6) is 0.704. The molecule has 1 unspecified atom stereocenters. The topological polar surface area (TPSA) is 41.6 Å². The highest BCUT2D eigenvalue weighted by Crippen LogP contribution is 2.17. The van der Waals surface area contributed by atoms with Gasteiger partial charge in [-0.25, -0.2) is 0 Å². The molecule has 0 aliphatic heterocycles. The van der Waals surface area contributed by atoms with E-state index in [0.29, 0.717) is 18.7 Å². The standard InChI is InChI=1S/C19H24N2O2/c1-4-23-17-12-10-16(11-13-17)19(22)20-14-18(21(2)3)15-8-6-5-7-9-15/h5-13,18H,4,14H2,1-3H3,(H,20,22). The van der Waals surface area contributed by atoms with Crippen LogP contribution in [-0.2, 0) is 0 Å². The third kappa shape index (κ3) is 4.83. The van der Waals surface area contributed by atoms with Crippen molar-refractivity contribution in [3.05, 3.63) is 65.7 Å². The van der Waals surface area contributed by atoms with Crippen LogP contribution in [0, 0.1) is 0 Å². The highest BCUT2D eigenvalue weighted by Gasteiger charge is 2.15. The summed E-state index contributed by atoms with van der Waals surface area (Å²) >= 11 is 0. The van der Waals surface area contributed by atoms with Crippen LogP contribution >= 0.6 is 0 Å². The second-order valence-electron chi connectivity index (χ2n) is 5.56. The summed E-state index contributed by atoms with van der Waals surface area (Å²) in [7, 11) is 4.03. The van der Waals surface area contributed by atoms with E-state index in [2.05, 4.69) is 22.3 Å². The van der Waals surface area contributed by atoms with E-state index in [9.17, 15) is 4.79 Å². The van der Waals surface area contributed by atoms with Crippen molar-refractivity contribution in [2.24, 2.45) is 0 Å². The van der Waals surface area contributed by atoms with Gasteiger partial charge in [-0.05, 0) is 50.8 Å². The number of hydrogen-bond acceptors (Lipinski definition) is 3. The Labute approximate surface area is 138 Å². The normalized spacial score (nSPS) is 12.0. The third-order valence-corrected chi connectivity index (χ3v) is 3.69. The summed E-state index contributed by atoms with van der Waals surface area (Å²) in [5, 5.41) is 3.01. The van der Waals surface area contributed by atoms with Crippen molar-refractivity contribution < 1.29 is 9.53 Å². The average Bonchev–Trinajstić information content (AvgIpc) is 2.56. The van der Waals surface area contributed by atoms with Gasteiger partial charge in [-0.3, -0.25) is 4.79 Å². The number of nitrogens with zero attached hydrogens (tertiary/aromatic N) is 1. The largest absolute Gasteiger partial charge is 0.494 e. The van der Waals surface area contributed by atoms with Crippen molar-refractivity contribution in [3.63, 3.8) is 0 Å². The first-order valence-corrected chi connectivity index (χ1v) is 7.84. The Morgan fingerprint density at radius 1 is 1.09 bits per heavy atom. The Morgan fingerprint density at radius 2 is 1.74 bits per heavy atom. The molecule has 0 bridgehead atoms. The summed E-state index contributed by atoms with van der Waals surface area (Å²) in [4.78, 5) is 14.4. The SMILES string of the molecule is CCOc1ccc(C(=O)NCC(c2ccccc2)N(C)C)cc1. The summed E-state index contributed by atoms with van der Waals surface area (Å²) in [5.41, 5.74) is 1.82. The molecule has 0 fully saturated rings.